The van der Waals surface area contributed by atoms with Gasteiger partial charge in [0.05, 0.1) is 17.3 Å². The number of amides is 5. The van der Waals surface area contributed by atoms with E-state index in [2.05, 4.69) is 52.0 Å². The van der Waals surface area contributed by atoms with E-state index < -0.39 is 53.7 Å². The second-order valence-electron chi connectivity index (χ2n) is 16.7. The van der Waals surface area contributed by atoms with Crippen molar-refractivity contribution in [2.75, 3.05) is 46.4 Å². The Kier molecular flexibility index (Phi) is 16.7. The summed E-state index contributed by atoms with van der Waals surface area (Å²) in [5.74, 6) is -2.17. The number of nitrogens with zero attached hydrogens (tertiary/aromatic N) is 4. The number of hydrogen-bond donors (Lipinski definition) is 7. The SMILES string of the molecule is Cc1nc(-c2ccc(C(C)(C)C)cc2)ncc1C(=O)N[C@@H](CCN)C(=O)N(C)[C@@H]1C(=O)N[C@@H](C)C(=O)N[C@H](C(=O)NCC#N)Cc2ccc(OCCN)c(c2)-c2cc1ccc2OCCN. The molecule has 1 aromatic heterocycles. The summed E-state index contributed by atoms with van der Waals surface area (Å²) in [6.07, 6.45) is 1.41. The summed E-state index contributed by atoms with van der Waals surface area (Å²) in [5.41, 5.74) is 21.9. The summed E-state index contributed by atoms with van der Waals surface area (Å²) >= 11 is 0. The zero-order valence-corrected chi connectivity index (χ0v) is 37.7. The minimum absolute atomic E-state index is 0.0000681. The summed E-state index contributed by atoms with van der Waals surface area (Å²) in [6, 6.07) is 14.9. The van der Waals surface area contributed by atoms with Crippen LogP contribution in [0.25, 0.3) is 22.5 Å². The van der Waals surface area contributed by atoms with Gasteiger partial charge in [-0.15, -0.1) is 0 Å². The third-order valence-corrected chi connectivity index (χ3v) is 10.8. The summed E-state index contributed by atoms with van der Waals surface area (Å²) in [5, 5.41) is 19.9. The highest BCUT2D eigenvalue weighted by Gasteiger charge is 2.36. The van der Waals surface area contributed by atoms with Crippen molar-refractivity contribution in [2.24, 2.45) is 17.2 Å². The monoisotopic (exact) mass is 889 g/mol. The number of hydrogen-bond acceptors (Lipinski definition) is 13. The number of aryl methyl sites for hydroxylation is 1. The normalized spacial score (nSPS) is 16.7. The van der Waals surface area contributed by atoms with Crippen molar-refractivity contribution < 1.29 is 33.4 Å². The van der Waals surface area contributed by atoms with E-state index in [0.717, 1.165) is 11.1 Å². The summed E-state index contributed by atoms with van der Waals surface area (Å²) in [6.45, 7) is 9.85. The van der Waals surface area contributed by atoms with E-state index >= 15 is 0 Å². The number of carbonyl (C=O) groups excluding carboxylic acids is 5. The maximum absolute atomic E-state index is 14.6. The zero-order valence-electron chi connectivity index (χ0n) is 37.7. The molecule has 0 unspecified atom stereocenters. The molecule has 1 aliphatic rings. The largest absolute Gasteiger partial charge is 0.492 e. The molecule has 3 aromatic carbocycles. The number of carbonyl (C=O) groups is 5. The average molecular weight is 890 g/mol. The van der Waals surface area contributed by atoms with E-state index in [0.29, 0.717) is 45.3 Å². The van der Waals surface area contributed by atoms with E-state index in [1.807, 2.05) is 30.3 Å². The van der Waals surface area contributed by atoms with Gasteiger partial charge in [0.15, 0.2) is 5.82 Å². The van der Waals surface area contributed by atoms with Gasteiger partial charge in [-0.1, -0.05) is 57.2 Å². The topological polar surface area (TPSA) is 283 Å². The van der Waals surface area contributed by atoms with Crippen molar-refractivity contribution in [2.45, 2.75) is 77.0 Å². The van der Waals surface area contributed by atoms with Crippen LogP contribution in [-0.4, -0.2) is 109 Å². The highest BCUT2D eigenvalue weighted by molar-refractivity contribution is 6.00. The third-order valence-electron chi connectivity index (χ3n) is 10.8. The van der Waals surface area contributed by atoms with Crippen molar-refractivity contribution in [3.05, 3.63) is 94.8 Å². The van der Waals surface area contributed by atoms with Crippen LogP contribution in [0.1, 0.15) is 72.9 Å². The predicted octanol–water partition coefficient (Wildman–Crippen LogP) is 1.92. The minimum atomic E-state index is -1.40. The van der Waals surface area contributed by atoms with Crippen molar-refractivity contribution >= 4 is 29.5 Å². The molecule has 0 radical (unpaired) electrons. The first kappa shape index (κ1) is 49.1. The van der Waals surface area contributed by atoms with E-state index in [1.54, 1.807) is 43.3 Å². The third kappa shape index (κ3) is 12.2. The highest BCUT2D eigenvalue weighted by Crippen LogP contribution is 2.40. The maximum Gasteiger partial charge on any atom is 0.255 e. The average Bonchev–Trinajstić information content (AvgIpc) is 3.28. The lowest BCUT2D eigenvalue weighted by molar-refractivity contribution is -0.141. The number of nitrogens with two attached hydrogens (primary N) is 3. The Morgan fingerprint density at radius 1 is 0.923 bits per heavy atom. The van der Waals surface area contributed by atoms with Crippen molar-refractivity contribution in [1.82, 2.24) is 36.1 Å². The summed E-state index contributed by atoms with van der Waals surface area (Å²) in [7, 11) is 1.41. The van der Waals surface area contributed by atoms with Gasteiger partial charge in [0, 0.05) is 49.4 Å². The number of ether oxygens (including phenoxy) is 2. The van der Waals surface area contributed by atoms with Crippen LogP contribution in [0, 0.1) is 18.3 Å². The molecule has 18 heteroatoms. The van der Waals surface area contributed by atoms with E-state index in [1.165, 1.54) is 25.1 Å². The predicted molar refractivity (Wildman–Crippen MR) is 244 cm³/mol. The fourth-order valence-corrected chi connectivity index (χ4v) is 7.31. The van der Waals surface area contributed by atoms with Crippen LogP contribution in [0.2, 0.25) is 0 Å². The summed E-state index contributed by atoms with van der Waals surface area (Å²) < 4.78 is 12.2. The lowest BCUT2D eigenvalue weighted by atomic mass is 9.87. The van der Waals surface area contributed by atoms with Crippen molar-refractivity contribution in [1.29, 1.82) is 5.26 Å². The molecule has 5 rings (SSSR count). The fourth-order valence-electron chi connectivity index (χ4n) is 7.31. The standard InChI is InChI=1S/C47H59N11O7/c1-27-35(26-53-41(54-27)30-8-11-32(12-9-30)47(3,4)5)43(60)56-36(15-16-48)46(63)58(6)40-31-10-14-39(65-22-19-51)34(25-31)33-23-29(7-13-38(33)64-21-18-50)24-37(44(61)52-20-17-49)57-42(59)28(2)55-45(40)62/h7-14,23,25-26,28,36-37,40H,15-16,18-22,24,48,50-51H2,1-6H3,(H,52,61)(H,55,62)(H,56,60)(H,57,59)/t28-,36-,37-,40-/m0/s1. The van der Waals surface area contributed by atoms with Crippen LogP contribution in [0.3, 0.4) is 0 Å². The number of benzene rings is 3. The Labute approximate surface area is 379 Å². The molecule has 4 aromatic rings. The fraction of sp³-hybridized carbons (Fsp3) is 0.404. The number of likely N-dealkylation sites (N-methyl/N-ethyl adjacent to an activating group) is 1. The second kappa shape index (κ2) is 22.1. The molecule has 0 saturated heterocycles. The maximum atomic E-state index is 14.6. The molecular weight excluding hydrogens is 831 g/mol. The molecule has 0 saturated carbocycles. The van der Waals surface area contributed by atoms with Gasteiger partial charge in [-0.05, 0) is 73.2 Å². The first-order chi connectivity index (χ1) is 31.0. The molecule has 5 amide bonds. The second-order valence-corrected chi connectivity index (χ2v) is 16.7. The molecule has 344 valence electrons. The lowest BCUT2D eigenvalue weighted by Gasteiger charge is -2.32. The number of rotatable bonds is 15. The molecule has 1 aliphatic heterocycles. The molecule has 4 bridgehead atoms. The quantitative estimate of drug-likeness (QED) is 0.0842. The lowest BCUT2D eigenvalue weighted by Crippen LogP contribution is -2.56. The Bertz CT molecular complexity index is 2410. The van der Waals surface area contributed by atoms with Gasteiger partial charge >= 0.3 is 0 Å². The van der Waals surface area contributed by atoms with Gasteiger partial charge < -0.3 is 52.8 Å². The van der Waals surface area contributed by atoms with Crippen molar-refractivity contribution in [3.63, 3.8) is 0 Å². The number of nitriles is 1. The molecule has 2 heterocycles. The molecule has 4 atom stereocenters. The van der Waals surface area contributed by atoms with Crippen LogP contribution < -0.4 is 47.9 Å². The van der Waals surface area contributed by atoms with E-state index in [9.17, 15) is 24.0 Å². The first-order valence-electron chi connectivity index (χ1n) is 21.4. The van der Waals surface area contributed by atoms with Gasteiger partial charge in [0.2, 0.25) is 23.6 Å². The van der Waals surface area contributed by atoms with Crippen molar-refractivity contribution in [3.8, 4) is 40.1 Å². The van der Waals surface area contributed by atoms with Crippen LogP contribution in [0.15, 0.2) is 66.9 Å². The number of aromatic nitrogens is 2. The van der Waals surface area contributed by atoms with E-state index in [-0.39, 0.29) is 63.2 Å². The van der Waals surface area contributed by atoms with Gasteiger partial charge in [-0.25, -0.2) is 9.97 Å². The van der Waals surface area contributed by atoms with E-state index in [4.69, 9.17) is 31.9 Å². The minimum Gasteiger partial charge on any atom is -0.492 e. The molecule has 10 N–H and O–H groups in total. The van der Waals surface area contributed by atoms with Crippen LogP contribution in [-0.2, 0) is 31.0 Å². The van der Waals surface area contributed by atoms with Gasteiger partial charge in [-0.3, -0.25) is 24.0 Å². The molecule has 0 spiro atoms. The number of fused-ring (bicyclic) bond motifs is 5. The highest BCUT2D eigenvalue weighted by atomic mass is 16.5. The van der Waals surface area contributed by atoms with Gasteiger partial charge in [0.1, 0.15) is 55.4 Å². The van der Waals surface area contributed by atoms with Gasteiger partial charge in [0.25, 0.3) is 5.91 Å². The Morgan fingerprint density at radius 2 is 1.57 bits per heavy atom. The van der Waals surface area contributed by atoms with Crippen LogP contribution >= 0.6 is 0 Å². The Balaban J connectivity index is 1.55. The number of nitrogens with one attached hydrogen (secondary N) is 4. The van der Waals surface area contributed by atoms with Crippen LogP contribution in [0.5, 0.6) is 11.5 Å². The Hall–Kier alpha value is -6.94. The molecular formula is C47H59N11O7. The molecule has 0 fully saturated rings. The zero-order chi connectivity index (χ0) is 47.4. The summed E-state index contributed by atoms with van der Waals surface area (Å²) in [4.78, 5) is 80.4. The van der Waals surface area contributed by atoms with Gasteiger partial charge in [-0.2, -0.15) is 5.26 Å². The smallest absolute Gasteiger partial charge is 0.255 e. The first-order valence-corrected chi connectivity index (χ1v) is 21.4. The van der Waals surface area contributed by atoms with Crippen LogP contribution in [0.4, 0.5) is 0 Å². The Morgan fingerprint density at radius 3 is 2.17 bits per heavy atom. The molecule has 0 aliphatic carbocycles. The molecule has 18 nitrogen and oxygen atoms in total. The molecule has 65 heavy (non-hydrogen) atoms.